The van der Waals surface area contributed by atoms with Gasteiger partial charge in [0.2, 0.25) is 5.28 Å². The maximum atomic E-state index is 12.0. The number of halogens is 1. The van der Waals surface area contributed by atoms with E-state index in [1.54, 1.807) is 18.2 Å². The molecule has 2 aromatic carbocycles. The van der Waals surface area contributed by atoms with Gasteiger partial charge in [-0.2, -0.15) is 4.98 Å². The number of esters is 1. The predicted molar refractivity (Wildman–Crippen MR) is 94.8 cm³/mol. The van der Waals surface area contributed by atoms with Crippen molar-refractivity contribution in [2.24, 2.45) is 0 Å². The lowest BCUT2D eigenvalue weighted by molar-refractivity contribution is 0.0505. The van der Waals surface area contributed by atoms with Crippen molar-refractivity contribution in [1.82, 2.24) is 9.97 Å². The summed E-state index contributed by atoms with van der Waals surface area (Å²) in [5.41, 5.74) is 1.96. The van der Waals surface area contributed by atoms with Gasteiger partial charge >= 0.3 is 5.97 Å². The molecule has 0 saturated carbocycles. The Labute approximate surface area is 144 Å². The molecule has 0 bridgehead atoms. The first-order chi connectivity index (χ1) is 11.7. The van der Waals surface area contributed by atoms with E-state index in [-0.39, 0.29) is 11.3 Å². The van der Waals surface area contributed by atoms with Crippen molar-refractivity contribution < 1.29 is 9.53 Å². The highest BCUT2D eigenvalue weighted by Gasteiger charge is 2.10. The Morgan fingerprint density at radius 1 is 1.17 bits per heavy atom. The summed E-state index contributed by atoms with van der Waals surface area (Å²) in [5, 5.41) is 4.21. The van der Waals surface area contributed by atoms with Gasteiger partial charge in [0.15, 0.2) is 0 Å². The minimum absolute atomic E-state index is 0.162. The largest absolute Gasteiger partial charge is 0.462 e. The first-order valence-electron chi connectivity index (χ1n) is 7.64. The molecule has 0 spiro atoms. The Kier molecular flexibility index (Phi) is 4.91. The molecule has 122 valence electrons. The number of carbonyl (C=O) groups excluding carboxylic acids is 1. The van der Waals surface area contributed by atoms with E-state index in [4.69, 9.17) is 16.3 Å². The van der Waals surface area contributed by atoms with Crippen LogP contribution in [0.25, 0.3) is 10.9 Å². The van der Waals surface area contributed by atoms with E-state index in [1.807, 2.05) is 37.3 Å². The molecule has 1 N–H and O–H groups in total. The van der Waals surface area contributed by atoms with Crippen molar-refractivity contribution in [2.45, 2.75) is 13.3 Å². The Balaban J connectivity index is 1.90. The summed E-state index contributed by atoms with van der Waals surface area (Å²) < 4.78 is 5.16. The summed E-state index contributed by atoms with van der Waals surface area (Å²) in [6.07, 6.45) is 0.787. The summed E-state index contributed by atoms with van der Waals surface area (Å²) >= 11 is 5.99. The van der Waals surface area contributed by atoms with Crippen LogP contribution in [0.3, 0.4) is 0 Å². The predicted octanol–water partition coefficient (Wildman–Crippen LogP) is 4.59. The molecule has 3 aromatic rings. The van der Waals surface area contributed by atoms with Crippen molar-refractivity contribution >= 4 is 40.0 Å². The first kappa shape index (κ1) is 16.2. The summed E-state index contributed by atoms with van der Waals surface area (Å²) in [7, 11) is 0. The normalized spacial score (nSPS) is 10.6. The van der Waals surface area contributed by atoms with Gasteiger partial charge in [-0.3, -0.25) is 0 Å². The lowest BCUT2D eigenvalue weighted by Crippen LogP contribution is -2.06. The van der Waals surface area contributed by atoms with Crippen LogP contribution in [0.2, 0.25) is 5.28 Å². The number of benzene rings is 2. The molecule has 1 aromatic heterocycles. The molecule has 5 nitrogen and oxygen atoms in total. The van der Waals surface area contributed by atoms with Crippen LogP contribution in [0, 0.1) is 0 Å². The monoisotopic (exact) mass is 341 g/mol. The molecule has 24 heavy (non-hydrogen) atoms. The second kappa shape index (κ2) is 7.27. The summed E-state index contributed by atoms with van der Waals surface area (Å²) in [6, 6.07) is 14.7. The number of hydrogen-bond acceptors (Lipinski definition) is 5. The van der Waals surface area contributed by atoms with Crippen LogP contribution in [0.4, 0.5) is 11.5 Å². The number of fused-ring (bicyclic) bond motifs is 1. The Hall–Kier alpha value is -2.66. The average molecular weight is 342 g/mol. The third-order valence-electron chi connectivity index (χ3n) is 3.37. The van der Waals surface area contributed by atoms with Crippen molar-refractivity contribution in [3.05, 3.63) is 59.4 Å². The van der Waals surface area contributed by atoms with E-state index in [0.717, 1.165) is 23.0 Å². The van der Waals surface area contributed by atoms with Crippen LogP contribution < -0.4 is 5.32 Å². The lowest BCUT2D eigenvalue weighted by atomic mass is 10.2. The number of carbonyl (C=O) groups is 1. The molecule has 0 aliphatic rings. The van der Waals surface area contributed by atoms with Crippen LogP contribution in [0.1, 0.15) is 23.7 Å². The van der Waals surface area contributed by atoms with Gasteiger partial charge in [0.1, 0.15) is 5.82 Å². The van der Waals surface area contributed by atoms with Gasteiger partial charge < -0.3 is 10.1 Å². The van der Waals surface area contributed by atoms with Crippen LogP contribution in [-0.4, -0.2) is 22.5 Å². The maximum absolute atomic E-state index is 12.0. The number of nitrogens with zero attached hydrogens (tertiary/aromatic N) is 2. The number of hydrogen-bond donors (Lipinski definition) is 1. The van der Waals surface area contributed by atoms with Crippen molar-refractivity contribution in [3.8, 4) is 0 Å². The van der Waals surface area contributed by atoms with Crippen molar-refractivity contribution in [1.29, 1.82) is 0 Å². The van der Waals surface area contributed by atoms with Gasteiger partial charge in [0.05, 0.1) is 17.7 Å². The fourth-order valence-electron chi connectivity index (χ4n) is 2.28. The van der Waals surface area contributed by atoms with E-state index in [9.17, 15) is 4.79 Å². The van der Waals surface area contributed by atoms with Gasteiger partial charge in [-0.25, -0.2) is 9.78 Å². The Morgan fingerprint density at radius 2 is 2.00 bits per heavy atom. The summed E-state index contributed by atoms with van der Waals surface area (Å²) in [4.78, 5) is 20.4. The van der Waals surface area contributed by atoms with E-state index in [2.05, 4.69) is 15.3 Å². The second-order valence-corrected chi connectivity index (χ2v) is 5.54. The van der Waals surface area contributed by atoms with Gasteiger partial charge in [0.25, 0.3) is 0 Å². The molecule has 0 amide bonds. The van der Waals surface area contributed by atoms with Gasteiger partial charge in [-0.05, 0) is 48.4 Å². The molecule has 0 atom stereocenters. The molecule has 1 heterocycles. The van der Waals surface area contributed by atoms with Crippen LogP contribution in [0.5, 0.6) is 0 Å². The van der Waals surface area contributed by atoms with Gasteiger partial charge in [-0.1, -0.05) is 25.1 Å². The topological polar surface area (TPSA) is 64.1 Å². The minimum atomic E-state index is -0.342. The van der Waals surface area contributed by atoms with E-state index in [0.29, 0.717) is 18.0 Å². The zero-order valence-corrected chi connectivity index (χ0v) is 13.9. The molecular formula is C18H16ClN3O2. The van der Waals surface area contributed by atoms with Crippen molar-refractivity contribution in [3.63, 3.8) is 0 Å². The van der Waals surface area contributed by atoms with E-state index in [1.165, 1.54) is 0 Å². The number of para-hydroxylation sites is 1. The molecule has 0 fully saturated rings. The van der Waals surface area contributed by atoms with Gasteiger partial charge in [-0.15, -0.1) is 0 Å². The summed E-state index contributed by atoms with van der Waals surface area (Å²) in [5.74, 6) is 0.246. The zero-order valence-electron chi connectivity index (χ0n) is 13.1. The van der Waals surface area contributed by atoms with Crippen LogP contribution >= 0.6 is 11.6 Å². The van der Waals surface area contributed by atoms with E-state index >= 15 is 0 Å². The van der Waals surface area contributed by atoms with Crippen LogP contribution in [0.15, 0.2) is 48.5 Å². The third-order valence-corrected chi connectivity index (χ3v) is 3.54. The molecule has 0 unspecified atom stereocenters. The molecule has 0 aliphatic carbocycles. The smallest absolute Gasteiger partial charge is 0.338 e. The number of ether oxygens (including phenoxy) is 1. The molecule has 6 heteroatoms. The third kappa shape index (κ3) is 3.63. The average Bonchev–Trinajstić information content (AvgIpc) is 2.59. The molecule has 3 rings (SSSR count). The zero-order chi connectivity index (χ0) is 16.9. The minimum Gasteiger partial charge on any atom is -0.462 e. The summed E-state index contributed by atoms with van der Waals surface area (Å²) in [6.45, 7) is 2.36. The second-order valence-electron chi connectivity index (χ2n) is 5.20. The highest BCUT2D eigenvalue weighted by atomic mass is 35.5. The highest BCUT2D eigenvalue weighted by Crippen LogP contribution is 2.25. The number of rotatable bonds is 5. The fraction of sp³-hybridized carbons (Fsp3) is 0.167. The fourth-order valence-corrected chi connectivity index (χ4v) is 2.46. The van der Waals surface area contributed by atoms with Gasteiger partial charge in [0, 0.05) is 11.1 Å². The highest BCUT2D eigenvalue weighted by molar-refractivity contribution is 6.28. The molecule has 0 saturated heterocycles. The standard InChI is InChI=1S/C18H16ClN3O2/c1-2-10-24-17(23)12-6-5-7-13(11-12)20-16-14-8-3-4-9-15(14)21-18(19)22-16/h3-9,11H,2,10H2,1H3,(H,20,21,22). The maximum Gasteiger partial charge on any atom is 0.338 e. The SMILES string of the molecule is CCCOC(=O)c1cccc(Nc2nc(Cl)nc3ccccc23)c1. The number of nitrogens with one attached hydrogen (secondary N) is 1. The molecular weight excluding hydrogens is 326 g/mol. The molecule has 0 aliphatic heterocycles. The Morgan fingerprint density at radius 3 is 2.83 bits per heavy atom. The van der Waals surface area contributed by atoms with Crippen molar-refractivity contribution in [2.75, 3.05) is 11.9 Å². The quantitative estimate of drug-likeness (QED) is 0.543. The van der Waals surface area contributed by atoms with E-state index < -0.39 is 0 Å². The lowest BCUT2D eigenvalue weighted by Gasteiger charge is -2.10. The van der Waals surface area contributed by atoms with Crippen LogP contribution in [-0.2, 0) is 4.74 Å². The Bertz CT molecular complexity index is 883. The molecule has 0 radical (unpaired) electrons. The number of anilines is 2. The first-order valence-corrected chi connectivity index (χ1v) is 8.01. The number of aromatic nitrogens is 2.